The number of amides is 2. The molecule has 4 rings (SSSR count). The van der Waals surface area contributed by atoms with Gasteiger partial charge in [0.2, 0.25) is 5.92 Å². The Morgan fingerprint density at radius 1 is 0.932 bits per heavy atom. The van der Waals surface area contributed by atoms with Gasteiger partial charge in [-0.15, -0.1) is 0 Å². The lowest BCUT2D eigenvalue weighted by molar-refractivity contribution is -0.253. The van der Waals surface area contributed by atoms with E-state index >= 15 is 0 Å². The monoisotopic (exact) mass is 640 g/mol. The lowest BCUT2D eigenvalue weighted by atomic mass is 9.77. The topological polar surface area (TPSA) is 50.4 Å². The van der Waals surface area contributed by atoms with Gasteiger partial charge >= 0.3 is 24.7 Å². The first kappa shape index (κ1) is 32.9. The van der Waals surface area contributed by atoms with Gasteiger partial charge in [-0.1, -0.05) is 36.4 Å². The highest BCUT2D eigenvalue weighted by Gasteiger charge is 2.46. The van der Waals surface area contributed by atoms with Gasteiger partial charge in [-0.05, 0) is 47.4 Å². The number of benzene rings is 3. The highest BCUT2D eigenvalue weighted by molar-refractivity contribution is 5.76. The van der Waals surface area contributed by atoms with E-state index in [-0.39, 0.29) is 12.0 Å². The summed E-state index contributed by atoms with van der Waals surface area (Å²) >= 11 is 0. The minimum absolute atomic E-state index is 0.165. The first-order valence-corrected chi connectivity index (χ1v) is 12.9. The van der Waals surface area contributed by atoms with Crippen molar-refractivity contribution in [3.8, 4) is 5.75 Å². The third kappa shape index (κ3) is 7.53. The second kappa shape index (κ2) is 12.2. The lowest BCUT2D eigenvalue weighted by Gasteiger charge is -2.37. The summed E-state index contributed by atoms with van der Waals surface area (Å²) in [6, 6.07) is 8.19. The van der Waals surface area contributed by atoms with Crippen LogP contribution in [0.4, 0.5) is 53.1 Å². The Labute approximate surface area is 243 Å². The van der Waals surface area contributed by atoms with Gasteiger partial charge in [-0.2, -0.15) is 30.7 Å². The Balaban J connectivity index is 1.94. The number of urea groups is 1. The lowest BCUT2D eigenvalue weighted by Crippen LogP contribution is -2.54. The molecule has 1 aliphatic rings. The van der Waals surface area contributed by atoms with Crippen molar-refractivity contribution >= 4 is 6.03 Å². The van der Waals surface area contributed by atoms with Crippen molar-refractivity contribution in [2.75, 3.05) is 0 Å². The second-order valence-corrected chi connectivity index (χ2v) is 10.3. The fraction of sp³-hybridized carbons (Fsp3) is 0.345. The van der Waals surface area contributed by atoms with Gasteiger partial charge in [-0.25, -0.2) is 22.4 Å². The maximum Gasteiger partial charge on any atom is 0.461 e. The van der Waals surface area contributed by atoms with Crippen molar-refractivity contribution < 1.29 is 57.8 Å². The van der Waals surface area contributed by atoms with Crippen LogP contribution in [-0.4, -0.2) is 30.5 Å². The third-order valence-electron chi connectivity index (χ3n) is 7.01. The molecule has 0 aromatic heterocycles. The molecule has 1 fully saturated rings. The number of hydrogen-bond acceptors (Lipinski definition) is 2. The summed E-state index contributed by atoms with van der Waals surface area (Å²) in [6.45, 7) is 0. The predicted molar refractivity (Wildman–Crippen MR) is 135 cm³/mol. The van der Waals surface area contributed by atoms with Gasteiger partial charge in [0.25, 0.3) is 0 Å². The molecule has 2 unspecified atom stereocenters. The van der Waals surface area contributed by atoms with Gasteiger partial charge in [0.05, 0.1) is 11.1 Å². The number of hydrogen-bond donors (Lipinski definition) is 2. The molecule has 0 radical (unpaired) electrons. The van der Waals surface area contributed by atoms with Crippen molar-refractivity contribution in [2.24, 2.45) is 0 Å². The molecule has 0 heterocycles. The molecule has 2 atom stereocenters. The summed E-state index contributed by atoms with van der Waals surface area (Å²) in [5.74, 6) is -7.38. The van der Waals surface area contributed by atoms with Crippen LogP contribution in [0.3, 0.4) is 0 Å². The Kier molecular flexibility index (Phi) is 9.08. The van der Waals surface area contributed by atoms with Crippen LogP contribution < -0.4 is 15.4 Å². The quantitative estimate of drug-likeness (QED) is 0.232. The van der Waals surface area contributed by atoms with E-state index in [1.807, 2.05) is 0 Å². The number of ether oxygens (including phenoxy) is 1. The molecule has 4 nitrogen and oxygen atoms in total. The van der Waals surface area contributed by atoms with Crippen molar-refractivity contribution in [1.82, 2.24) is 10.6 Å². The number of alkyl halides is 9. The maximum absolute atomic E-state index is 14.9. The van der Waals surface area contributed by atoms with Gasteiger partial charge in [-0.3, -0.25) is 0 Å². The SMILES string of the molecule is O=C(NC1CCC(F)(F)C1)NC(Cc1ccccc1)(c1cc(F)cc(OC(F)(F)C(F)F)c1)c1ccc(F)c(C(F)(F)F)c1. The van der Waals surface area contributed by atoms with Gasteiger partial charge in [0, 0.05) is 31.4 Å². The average Bonchev–Trinajstić information content (AvgIpc) is 3.25. The first-order valence-electron chi connectivity index (χ1n) is 12.9. The fourth-order valence-corrected chi connectivity index (χ4v) is 5.03. The van der Waals surface area contributed by atoms with Crippen LogP contribution in [0.15, 0.2) is 66.7 Å². The van der Waals surface area contributed by atoms with Crippen LogP contribution in [0, 0.1) is 11.6 Å². The van der Waals surface area contributed by atoms with E-state index in [0.717, 1.165) is 6.07 Å². The van der Waals surface area contributed by atoms with E-state index in [4.69, 9.17) is 0 Å². The molecule has 2 amide bonds. The zero-order valence-electron chi connectivity index (χ0n) is 22.3. The van der Waals surface area contributed by atoms with Crippen LogP contribution in [0.2, 0.25) is 0 Å². The van der Waals surface area contributed by atoms with Crippen LogP contribution in [0.25, 0.3) is 0 Å². The van der Waals surface area contributed by atoms with Gasteiger partial charge < -0.3 is 15.4 Å². The normalized spacial score (nSPS) is 18.1. The zero-order chi connectivity index (χ0) is 32.5. The van der Waals surface area contributed by atoms with Crippen LogP contribution in [0.1, 0.15) is 41.5 Å². The van der Waals surface area contributed by atoms with E-state index in [9.17, 15) is 53.1 Å². The number of carbonyl (C=O) groups is 1. The van der Waals surface area contributed by atoms with Crippen LogP contribution in [0.5, 0.6) is 5.75 Å². The molecule has 238 valence electrons. The Morgan fingerprint density at radius 2 is 1.61 bits per heavy atom. The first-order chi connectivity index (χ1) is 20.4. The van der Waals surface area contributed by atoms with Gasteiger partial charge in [0.1, 0.15) is 17.4 Å². The van der Waals surface area contributed by atoms with Crippen molar-refractivity contribution in [1.29, 1.82) is 0 Å². The fourth-order valence-electron chi connectivity index (χ4n) is 5.03. The largest absolute Gasteiger partial charge is 0.461 e. The molecular formula is C29H23F11N2O2. The maximum atomic E-state index is 14.9. The number of rotatable bonds is 9. The summed E-state index contributed by atoms with van der Waals surface area (Å²) in [5, 5.41) is 4.64. The van der Waals surface area contributed by atoms with Crippen LogP contribution in [-0.2, 0) is 18.1 Å². The molecule has 0 spiro atoms. The second-order valence-electron chi connectivity index (χ2n) is 10.3. The zero-order valence-corrected chi connectivity index (χ0v) is 22.3. The van der Waals surface area contributed by atoms with E-state index in [1.54, 1.807) is 6.07 Å². The highest BCUT2D eigenvalue weighted by atomic mass is 19.4. The Bertz CT molecular complexity index is 1480. The van der Waals surface area contributed by atoms with E-state index < -0.39 is 95.6 Å². The Morgan fingerprint density at radius 3 is 2.20 bits per heavy atom. The van der Waals surface area contributed by atoms with Crippen LogP contribution >= 0.6 is 0 Å². The molecule has 0 bridgehead atoms. The highest BCUT2D eigenvalue weighted by Crippen LogP contribution is 2.41. The number of carbonyl (C=O) groups excluding carboxylic acids is 1. The predicted octanol–water partition coefficient (Wildman–Crippen LogP) is 8.19. The summed E-state index contributed by atoms with van der Waals surface area (Å²) in [5.41, 5.74) is -5.03. The summed E-state index contributed by atoms with van der Waals surface area (Å²) in [7, 11) is 0. The molecule has 0 aliphatic heterocycles. The molecule has 2 N–H and O–H groups in total. The Hall–Kier alpha value is -4.04. The van der Waals surface area contributed by atoms with E-state index in [0.29, 0.717) is 30.3 Å². The molecule has 1 aliphatic carbocycles. The van der Waals surface area contributed by atoms with Crippen molar-refractivity contribution in [3.63, 3.8) is 0 Å². The standard InChI is InChI=1S/C29H23F11N2O2/c30-19-10-18(11-21(13-19)44-29(39,40)24(32)33)27(14-16-4-2-1-3-5-16,17-6-7-23(31)22(12-17)28(36,37)38)42-25(43)41-20-8-9-26(34,35)15-20/h1-7,10-13,20,24H,8-9,14-15H2,(H2,41,42,43). The number of nitrogens with one attached hydrogen (secondary N) is 2. The summed E-state index contributed by atoms with van der Waals surface area (Å²) in [4.78, 5) is 13.3. The van der Waals surface area contributed by atoms with E-state index in [1.165, 1.54) is 24.3 Å². The molecular weight excluding hydrogens is 617 g/mol. The third-order valence-corrected chi connectivity index (χ3v) is 7.01. The van der Waals surface area contributed by atoms with E-state index in [2.05, 4.69) is 15.4 Å². The number of halogens is 11. The smallest absolute Gasteiger partial charge is 0.428 e. The van der Waals surface area contributed by atoms with Crippen molar-refractivity contribution in [3.05, 3.63) is 101 Å². The molecule has 3 aromatic carbocycles. The summed E-state index contributed by atoms with van der Waals surface area (Å²) in [6.07, 6.45) is -16.8. The molecule has 1 saturated carbocycles. The molecule has 15 heteroatoms. The average molecular weight is 640 g/mol. The minimum atomic E-state index is -5.27. The molecule has 44 heavy (non-hydrogen) atoms. The molecule has 0 saturated heterocycles. The summed E-state index contributed by atoms with van der Waals surface area (Å²) < 4.78 is 156. The van der Waals surface area contributed by atoms with Crippen molar-refractivity contribution in [2.45, 2.75) is 61.9 Å². The minimum Gasteiger partial charge on any atom is -0.428 e. The van der Waals surface area contributed by atoms with Gasteiger partial charge in [0.15, 0.2) is 0 Å². The molecule has 3 aromatic rings.